The summed E-state index contributed by atoms with van der Waals surface area (Å²) in [6.07, 6.45) is 0.791. The number of ether oxygens (including phenoxy) is 1. The first-order valence-electron chi connectivity index (χ1n) is 7.21. The molecule has 0 radical (unpaired) electrons. The average molecular weight is 342 g/mol. The first kappa shape index (κ1) is 19.0. The summed E-state index contributed by atoms with van der Waals surface area (Å²) in [5.74, 6) is -0.989. The number of esters is 1. The van der Waals surface area contributed by atoms with Crippen molar-refractivity contribution < 1.29 is 22.7 Å². The van der Waals surface area contributed by atoms with Crippen LogP contribution in [0.5, 0.6) is 0 Å². The van der Waals surface area contributed by atoms with Gasteiger partial charge in [0.2, 0.25) is 0 Å². The fraction of sp³-hybridized carbons (Fsp3) is 0.467. The normalized spacial score (nSPS) is 12.3. The molecular formula is C15H22N2O5S. The number of benzene rings is 1. The van der Waals surface area contributed by atoms with Gasteiger partial charge in [0.05, 0.1) is 12.9 Å². The number of hydrogen-bond donors (Lipinski definition) is 2. The van der Waals surface area contributed by atoms with Crippen molar-refractivity contribution in [3.05, 3.63) is 29.8 Å². The summed E-state index contributed by atoms with van der Waals surface area (Å²) in [5, 5.41) is 3.84. The summed E-state index contributed by atoms with van der Waals surface area (Å²) in [6, 6.07) is 6.05. The van der Waals surface area contributed by atoms with Crippen LogP contribution in [0.25, 0.3) is 0 Å². The van der Waals surface area contributed by atoms with E-state index in [0.717, 1.165) is 0 Å². The summed E-state index contributed by atoms with van der Waals surface area (Å²) in [5.41, 5.74) is 1.08. The molecule has 1 aromatic carbocycles. The Hall–Kier alpha value is -2.09. The van der Waals surface area contributed by atoms with Gasteiger partial charge < -0.3 is 15.4 Å². The molecule has 128 valence electrons. The predicted molar refractivity (Wildman–Crippen MR) is 87.9 cm³/mol. The molecule has 0 saturated carbocycles. The van der Waals surface area contributed by atoms with Crippen LogP contribution in [0, 0.1) is 0 Å². The lowest BCUT2D eigenvalue weighted by atomic mass is 10.2. The highest BCUT2D eigenvalue weighted by molar-refractivity contribution is 7.92. The lowest BCUT2D eigenvalue weighted by Gasteiger charge is -2.15. The maximum absolute atomic E-state index is 12.4. The van der Waals surface area contributed by atoms with Crippen molar-refractivity contribution in [2.24, 2.45) is 0 Å². The van der Waals surface area contributed by atoms with E-state index in [9.17, 15) is 18.0 Å². The second kappa shape index (κ2) is 8.52. The molecule has 1 atom stereocenters. The third-order valence-corrected chi connectivity index (χ3v) is 5.29. The zero-order valence-electron chi connectivity index (χ0n) is 13.5. The number of carbonyl (C=O) groups is 2. The number of amides is 2. The first-order chi connectivity index (χ1) is 10.8. The molecular weight excluding hydrogens is 320 g/mol. The maximum Gasteiger partial charge on any atom is 0.324 e. The molecule has 2 amide bonds. The van der Waals surface area contributed by atoms with Crippen molar-refractivity contribution in [1.82, 2.24) is 5.32 Å². The highest BCUT2D eigenvalue weighted by atomic mass is 32.2. The second-order valence-corrected chi connectivity index (χ2v) is 7.19. The second-order valence-electron chi connectivity index (χ2n) is 5.01. The zero-order valence-corrected chi connectivity index (χ0v) is 14.3. The quantitative estimate of drug-likeness (QED) is 0.734. The molecule has 0 fully saturated rings. The summed E-state index contributed by atoms with van der Waals surface area (Å²) >= 11 is 0. The van der Waals surface area contributed by atoms with Gasteiger partial charge in [0, 0.05) is 12.7 Å². The molecule has 7 nitrogen and oxygen atoms in total. The monoisotopic (exact) mass is 342 g/mol. The van der Waals surface area contributed by atoms with Gasteiger partial charge in [-0.05, 0) is 24.1 Å². The van der Waals surface area contributed by atoms with Gasteiger partial charge in [0.1, 0.15) is 0 Å². The van der Waals surface area contributed by atoms with Crippen molar-refractivity contribution in [2.75, 3.05) is 19.5 Å². The molecule has 0 aliphatic rings. The fourth-order valence-corrected chi connectivity index (χ4v) is 3.89. The Labute approximate surface area is 136 Å². The fourth-order valence-electron chi connectivity index (χ4n) is 2.05. The molecule has 0 saturated heterocycles. The summed E-state index contributed by atoms with van der Waals surface area (Å²) in [7, 11) is -0.986. The van der Waals surface area contributed by atoms with Crippen LogP contribution in [-0.2, 0) is 25.1 Å². The Bertz CT molecular complexity index is 640. The Kier molecular flexibility index (Phi) is 7.02. The van der Waals surface area contributed by atoms with Crippen molar-refractivity contribution in [1.29, 1.82) is 0 Å². The van der Waals surface area contributed by atoms with E-state index in [4.69, 9.17) is 0 Å². The lowest BCUT2D eigenvalue weighted by Crippen LogP contribution is -2.32. The minimum atomic E-state index is -3.66. The van der Waals surface area contributed by atoms with Crippen LogP contribution in [0.15, 0.2) is 24.3 Å². The smallest absolute Gasteiger partial charge is 0.324 e. The highest BCUT2D eigenvalue weighted by Gasteiger charge is 2.32. The molecule has 2 N–H and O–H groups in total. The number of urea groups is 1. The largest absolute Gasteiger partial charge is 0.468 e. The molecule has 0 spiro atoms. The Morgan fingerprint density at radius 2 is 1.83 bits per heavy atom. The minimum absolute atomic E-state index is 0.227. The van der Waals surface area contributed by atoms with E-state index in [1.807, 2.05) is 6.92 Å². The van der Waals surface area contributed by atoms with E-state index >= 15 is 0 Å². The molecule has 0 aliphatic heterocycles. The van der Waals surface area contributed by atoms with Crippen LogP contribution in [0.1, 0.15) is 25.3 Å². The molecule has 0 bridgehead atoms. The molecule has 0 heterocycles. The maximum atomic E-state index is 12.4. The van der Waals surface area contributed by atoms with E-state index in [1.54, 1.807) is 24.3 Å². The van der Waals surface area contributed by atoms with Crippen LogP contribution in [0.4, 0.5) is 10.5 Å². The minimum Gasteiger partial charge on any atom is -0.468 e. The van der Waals surface area contributed by atoms with E-state index in [-0.39, 0.29) is 18.2 Å². The topological polar surface area (TPSA) is 102 Å². The number of nitrogens with one attached hydrogen (secondary N) is 2. The van der Waals surface area contributed by atoms with E-state index in [2.05, 4.69) is 15.4 Å². The molecule has 1 rings (SSSR count). The van der Waals surface area contributed by atoms with Gasteiger partial charge in [0.25, 0.3) is 0 Å². The molecule has 8 heteroatoms. The Balaban J connectivity index is 2.87. The summed E-state index contributed by atoms with van der Waals surface area (Å²) < 4.78 is 29.4. The van der Waals surface area contributed by atoms with Crippen LogP contribution >= 0.6 is 0 Å². The third-order valence-electron chi connectivity index (χ3n) is 3.26. The number of methoxy groups -OCH3 is 1. The van der Waals surface area contributed by atoms with E-state index in [1.165, 1.54) is 14.2 Å². The van der Waals surface area contributed by atoms with Crippen LogP contribution in [0.2, 0.25) is 0 Å². The van der Waals surface area contributed by atoms with Crippen molar-refractivity contribution >= 4 is 27.5 Å². The molecule has 0 aliphatic carbocycles. The van der Waals surface area contributed by atoms with Crippen LogP contribution in [0.3, 0.4) is 0 Å². The Morgan fingerprint density at radius 1 is 1.22 bits per heavy atom. The number of hydrogen-bond acceptors (Lipinski definition) is 5. The van der Waals surface area contributed by atoms with Crippen LogP contribution < -0.4 is 10.6 Å². The van der Waals surface area contributed by atoms with Gasteiger partial charge in [0.15, 0.2) is 15.1 Å². The van der Waals surface area contributed by atoms with Crippen LogP contribution in [-0.4, -0.2) is 39.8 Å². The number of carbonyl (C=O) groups excluding carboxylic acids is 2. The molecule has 0 aromatic heterocycles. The molecule has 1 unspecified atom stereocenters. The zero-order chi connectivity index (χ0) is 17.5. The summed E-state index contributed by atoms with van der Waals surface area (Å²) in [6.45, 7) is 1.81. The van der Waals surface area contributed by atoms with Gasteiger partial charge in [-0.3, -0.25) is 4.79 Å². The number of anilines is 1. The van der Waals surface area contributed by atoms with Gasteiger partial charge in [-0.2, -0.15) is 0 Å². The molecule has 1 aromatic rings. The van der Waals surface area contributed by atoms with Crippen molar-refractivity contribution in [2.45, 2.75) is 30.8 Å². The van der Waals surface area contributed by atoms with Crippen molar-refractivity contribution in [3.63, 3.8) is 0 Å². The summed E-state index contributed by atoms with van der Waals surface area (Å²) in [4.78, 5) is 22.9. The van der Waals surface area contributed by atoms with E-state index < -0.39 is 21.1 Å². The predicted octanol–water partition coefficient (Wildman–Crippen LogP) is 1.69. The van der Waals surface area contributed by atoms with Crippen molar-refractivity contribution in [3.8, 4) is 0 Å². The lowest BCUT2D eigenvalue weighted by molar-refractivity contribution is -0.140. The average Bonchev–Trinajstić information content (AvgIpc) is 2.53. The number of sulfone groups is 1. The van der Waals surface area contributed by atoms with E-state index in [0.29, 0.717) is 17.7 Å². The highest BCUT2D eigenvalue weighted by Crippen LogP contribution is 2.18. The SMILES string of the molecule is CCCC(C(=O)OC)S(=O)(=O)Cc1ccc(NC(=O)NC)cc1. The van der Waals surface area contributed by atoms with Gasteiger partial charge in [-0.15, -0.1) is 0 Å². The van der Waals surface area contributed by atoms with Gasteiger partial charge in [-0.1, -0.05) is 25.5 Å². The number of rotatable bonds is 7. The van der Waals surface area contributed by atoms with Gasteiger partial charge in [-0.25, -0.2) is 13.2 Å². The standard InChI is InChI=1S/C15H22N2O5S/c1-4-5-13(14(18)22-3)23(20,21)10-11-6-8-12(9-7-11)17-15(19)16-2/h6-9,13H,4-5,10H2,1-3H3,(H2,16,17,19). The molecule has 23 heavy (non-hydrogen) atoms. The Morgan fingerprint density at radius 3 is 2.30 bits per heavy atom. The first-order valence-corrected chi connectivity index (χ1v) is 8.92. The van der Waals surface area contributed by atoms with Gasteiger partial charge >= 0.3 is 12.0 Å². The third kappa shape index (κ3) is 5.55.